The number of fused-ring (bicyclic) bond motifs is 1. The third-order valence-electron chi connectivity index (χ3n) is 3.87. The summed E-state index contributed by atoms with van der Waals surface area (Å²) < 4.78 is 0. The highest BCUT2D eigenvalue weighted by Gasteiger charge is 2.22. The summed E-state index contributed by atoms with van der Waals surface area (Å²) in [5.41, 5.74) is 1.32. The number of rotatable bonds is 6. The predicted molar refractivity (Wildman–Crippen MR) is 93.2 cm³/mol. The lowest BCUT2D eigenvalue weighted by Crippen LogP contribution is -2.42. The molecule has 0 radical (unpaired) electrons. The van der Waals surface area contributed by atoms with E-state index in [0.29, 0.717) is 6.54 Å². The lowest BCUT2D eigenvalue weighted by Gasteiger charge is -2.29. The normalized spacial score (nSPS) is 14.1. The van der Waals surface area contributed by atoms with Gasteiger partial charge in [-0.25, -0.2) is 0 Å². The van der Waals surface area contributed by atoms with E-state index in [0.717, 1.165) is 32.6 Å². The second kappa shape index (κ2) is 7.22. The second-order valence-corrected chi connectivity index (χ2v) is 7.50. The Labute approximate surface area is 139 Å². The Morgan fingerprint density at radius 2 is 2.27 bits per heavy atom. The molecule has 0 atom stereocenters. The van der Waals surface area contributed by atoms with E-state index in [4.69, 9.17) is 0 Å². The molecule has 1 aliphatic rings. The summed E-state index contributed by atoms with van der Waals surface area (Å²) in [6.07, 6.45) is 2.86. The highest BCUT2D eigenvalue weighted by Crippen LogP contribution is 2.24. The van der Waals surface area contributed by atoms with E-state index in [-0.39, 0.29) is 5.91 Å². The average Bonchev–Trinajstić information content (AvgIpc) is 3.17. The highest BCUT2D eigenvalue weighted by molar-refractivity contribution is 7.10. The Hall–Kier alpha value is -1.43. The van der Waals surface area contributed by atoms with Crippen LogP contribution in [0.15, 0.2) is 41.6 Å². The molecule has 0 unspecified atom stereocenters. The Morgan fingerprint density at radius 1 is 1.36 bits per heavy atom. The molecule has 116 valence electrons. The van der Waals surface area contributed by atoms with Crippen molar-refractivity contribution in [1.82, 2.24) is 9.80 Å². The van der Waals surface area contributed by atoms with Gasteiger partial charge in [0.05, 0.1) is 6.54 Å². The molecule has 22 heavy (non-hydrogen) atoms. The molecule has 0 aromatic carbocycles. The van der Waals surface area contributed by atoms with Crippen molar-refractivity contribution in [2.24, 2.45) is 0 Å². The van der Waals surface area contributed by atoms with Gasteiger partial charge in [-0.15, -0.1) is 29.3 Å². The van der Waals surface area contributed by atoms with E-state index < -0.39 is 0 Å². The van der Waals surface area contributed by atoms with Crippen LogP contribution in [-0.2, 0) is 24.3 Å². The highest BCUT2D eigenvalue weighted by atomic mass is 32.1. The van der Waals surface area contributed by atoms with Gasteiger partial charge in [-0.05, 0) is 34.9 Å². The third kappa shape index (κ3) is 3.66. The Bertz CT molecular complexity index is 633. The van der Waals surface area contributed by atoms with Gasteiger partial charge in [-0.2, -0.15) is 0 Å². The molecular weight excluding hydrogens is 312 g/mol. The lowest BCUT2D eigenvalue weighted by molar-refractivity contribution is -0.133. The number of nitrogens with zero attached hydrogens (tertiary/aromatic N) is 2. The van der Waals surface area contributed by atoms with Gasteiger partial charge in [0, 0.05) is 35.9 Å². The molecule has 0 N–H and O–H groups in total. The first-order valence-electron chi connectivity index (χ1n) is 7.45. The Kier molecular flexibility index (Phi) is 5.08. The van der Waals surface area contributed by atoms with Crippen molar-refractivity contribution in [3.05, 3.63) is 56.9 Å². The zero-order valence-electron chi connectivity index (χ0n) is 12.5. The summed E-state index contributed by atoms with van der Waals surface area (Å²) >= 11 is 3.54. The quantitative estimate of drug-likeness (QED) is 0.757. The molecule has 0 aliphatic carbocycles. The van der Waals surface area contributed by atoms with Crippen LogP contribution in [0.3, 0.4) is 0 Å². The van der Waals surface area contributed by atoms with Crippen LogP contribution >= 0.6 is 22.7 Å². The van der Waals surface area contributed by atoms with Crippen LogP contribution in [0.2, 0.25) is 0 Å². The minimum absolute atomic E-state index is 0.218. The summed E-state index contributed by atoms with van der Waals surface area (Å²) in [5.74, 6) is 0.218. The summed E-state index contributed by atoms with van der Waals surface area (Å²) in [6, 6.07) is 6.31. The van der Waals surface area contributed by atoms with Crippen LogP contribution in [0.5, 0.6) is 0 Å². The van der Waals surface area contributed by atoms with Gasteiger partial charge in [0.15, 0.2) is 0 Å². The number of carbonyl (C=O) groups is 1. The van der Waals surface area contributed by atoms with Gasteiger partial charge in [-0.3, -0.25) is 9.69 Å². The number of amides is 1. The standard InChI is InChI=1S/C17H20N2OS2/c1-2-7-18(12-15-4-3-9-21-15)13-17(20)19-8-5-16-14(11-19)6-10-22-16/h2-4,6,9-10H,1,5,7-8,11-13H2. The van der Waals surface area contributed by atoms with Gasteiger partial charge >= 0.3 is 0 Å². The SMILES string of the molecule is C=CCN(CC(=O)N1CCc2sccc2C1)Cc1cccs1. The summed E-state index contributed by atoms with van der Waals surface area (Å²) in [6.45, 7) is 7.43. The smallest absolute Gasteiger partial charge is 0.237 e. The van der Waals surface area contributed by atoms with Crippen LogP contribution in [0.4, 0.5) is 0 Å². The summed E-state index contributed by atoms with van der Waals surface area (Å²) in [5, 5.41) is 4.20. The predicted octanol–water partition coefficient (Wildman–Crippen LogP) is 3.38. The fourth-order valence-electron chi connectivity index (χ4n) is 2.74. The number of carbonyl (C=O) groups excluding carboxylic acids is 1. The van der Waals surface area contributed by atoms with Crippen molar-refractivity contribution in [2.75, 3.05) is 19.6 Å². The molecular formula is C17H20N2OS2. The van der Waals surface area contributed by atoms with Crippen LogP contribution < -0.4 is 0 Å². The van der Waals surface area contributed by atoms with Crippen LogP contribution in [0.1, 0.15) is 15.3 Å². The fraction of sp³-hybridized carbons (Fsp3) is 0.353. The van der Waals surface area contributed by atoms with Crippen molar-refractivity contribution in [1.29, 1.82) is 0 Å². The minimum atomic E-state index is 0.218. The maximum absolute atomic E-state index is 12.6. The molecule has 5 heteroatoms. The van der Waals surface area contributed by atoms with E-state index >= 15 is 0 Å². The van der Waals surface area contributed by atoms with Gasteiger partial charge in [0.2, 0.25) is 5.91 Å². The maximum atomic E-state index is 12.6. The van der Waals surface area contributed by atoms with Crippen molar-refractivity contribution in [2.45, 2.75) is 19.5 Å². The summed E-state index contributed by atoms with van der Waals surface area (Å²) in [7, 11) is 0. The average molecular weight is 332 g/mol. The zero-order chi connectivity index (χ0) is 15.4. The largest absolute Gasteiger partial charge is 0.337 e. The van der Waals surface area contributed by atoms with Crippen molar-refractivity contribution in [3.8, 4) is 0 Å². The van der Waals surface area contributed by atoms with Crippen LogP contribution in [0, 0.1) is 0 Å². The molecule has 0 fully saturated rings. The summed E-state index contributed by atoms with van der Waals surface area (Å²) in [4.78, 5) is 19.5. The molecule has 0 bridgehead atoms. The first-order chi connectivity index (χ1) is 10.8. The first kappa shape index (κ1) is 15.5. The number of thiophene rings is 2. The first-order valence-corrected chi connectivity index (χ1v) is 9.21. The minimum Gasteiger partial charge on any atom is -0.337 e. The van der Waals surface area contributed by atoms with Crippen LogP contribution in [0.25, 0.3) is 0 Å². The topological polar surface area (TPSA) is 23.6 Å². The van der Waals surface area contributed by atoms with Gasteiger partial charge < -0.3 is 4.90 Å². The lowest BCUT2D eigenvalue weighted by atomic mass is 10.1. The van der Waals surface area contributed by atoms with Gasteiger partial charge in [0.25, 0.3) is 0 Å². The molecule has 3 rings (SSSR count). The maximum Gasteiger partial charge on any atom is 0.237 e. The molecule has 0 spiro atoms. The fourth-order valence-corrected chi connectivity index (χ4v) is 4.38. The van der Waals surface area contributed by atoms with Crippen molar-refractivity contribution in [3.63, 3.8) is 0 Å². The zero-order valence-corrected chi connectivity index (χ0v) is 14.2. The van der Waals surface area contributed by atoms with E-state index in [2.05, 4.69) is 40.4 Å². The van der Waals surface area contributed by atoms with Crippen molar-refractivity contribution < 1.29 is 4.79 Å². The molecule has 1 amide bonds. The number of hydrogen-bond acceptors (Lipinski definition) is 4. The monoisotopic (exact) mass is 332 g/mol. The molecule has 3 nitrogen and oxygen atoms in total. The van der Waals surface area contributed by atoms with Gasteiger partial charge in [-0.1, -0.05) is 12.1 Å². The van der Waals surface area contributed by atoms with Crippen LogP contribution in [-0.4, -0.2) is 35.3 Å². The second-order valence-electron chi connectivity index (χ2n) is 5.47. The van der Waals surface area contributed by atoms with Gasteiger partial charge in [0.1, 0.15) is 0 Å². The van der Waals surface area contributed by atoms with E-state index in [1.807, 2.05) is 11.0 Å². The molecule has 2 aromatic rings. The molecule has 3 heterocycles. The molecule has 1 aliphatic heterocycles. The Morgan fingerprint density at radius 3 is 3.05 bits per heavy atom. The molecule has 2 aromatic heterocycles. The van der Waals surface area contributed by atoms with E-state index in [1.165, 1.54) is 15.3 Å². The Balaban J connectivity index is 1.60. The van der Waals surface area contributed by atoms with Crippen molar-refractivity contribution >= 4 is 28.6 Å². The molecule has 0 saturated heterocycles. The number of hydrogen-bond donors (Lipinski definition) is 0. The third-order valence-corrected chi connectivity index (χ3v) is 5.75. The molecule has 0 saturated carbocycles. The van der Waals surface area contributed by atoms with E-state index in [9.17, 15) is 4.79 Å². The van der Waals surface area contributed by atoms with E-state index in [1.54, 1.807) is 22.7 Å².